The Balaban J connectivity index is 3.41. The Labute approximate surface area is 84.1 Å². The Bertz CT molecular complexity index is 418. The second kappa shape index (κ2) is 3.60. The summed E-state index contributed by atoms with van der Waals surface area (Å²) in [4.78, 5) is 3.52. The van der Waals surface area contributed by atoms with E-state index in [1.54, 1.807) is 0 Å². The molecule has 0 fully saturated rings. The summed E-state index contributed by atoms with van der Waals surface area (Å²) in [5.74, 6) is 0.116. The van der Waals surface area contributed by atoms with Gasteiger partial charge in [0.2, 0.25) is 0 Å². The molecule has 72 valence electrons. The number of rotatable bonds is 2. The van der Waals surface area contributed by atoms with Crippen LogP contribution in [0.4, 0.5) is 5.82 Å². The molecule has 1 heterocycles. The molecule has 0 saturated heterocycles. The molecule has 0 aromatic carbocycles. The van der Waals surface area contributed by atoms with Gasteiger partial charge in [-0.25, -0.2) is 4.98 Å². The molecular weight excluding hydrogens is 260 g/mol. The minimum absolute atomic E-state index is 0.116. The Morgan fingerprint density at radius 3 is 2.69 bits per heavy atom. The van der Waals surface area contributed by atoms with Crippen LogP contribution in [-0.2, 0) is 10.1 Å². The largest absolute Gasteiger partial charge is 0.372 e. The van der Waals surface area contributed by atoms with Crippen LogP contribution in [0.3, 0.4) is 0 Å². The molecule has 0 amide bonds. The van der Waals surface area contributed by atoms with Crippen LogP contribution in [0, 0.1) is 0 Å². The summed E-state index contributed by atoms with van der Waals surface area (Å²) in [6.07, 6.45) is 1.43. The van der Waals surface area contributed by atoms with Gasteiger partial charge in [0.1, 0.15) is 10.7 Å². The second-order valence-corrected chi connectivity index (χ2v) is 4.53. The highest BCUT2D eigenvalue weighted by Gasteiger charge is 2.16. The third-order valence-corrected chi connectivity index (χ3v) is 2.63. The first kappa shape index (κ1) is 10.4. The van der Waals surface area contributed by atoms with Crippen LogP contribution < -0.4 is 5.32 Å². The van der Waals surface area contributed by atoms with Crippen molar-refractivity contribution < 1.29 is 13.0 Å². The van der Waals surface area contributed by atoms with Crippen LogP contribution in [-0.4, -0.2) is 25.0 Å². The molecule has 0 spiro atoms. The number of pyridine rings is 1. The number of anilines is 1. The average Bonchev–Trinajstić information content (AvgIpc) is 2.03. The normalized spacial score (nSPS) is 11.3. The van der Waals surface area contributed by atoms with E-state index in [0.29, 0.717) is 4.47 Å². The third kappa shape index (κ3) is 2.39. The molecule has 2 N–H and O–H groups in total. The summed E-state index contributed by atoms with van der Waals surface area (Å²) in [6.45, 7) is 0. The van der Waals surface area contributed by atoms with E-state index in [0.717, 1.165) is 0 Å². The Hall–Kier alpha value is -0.660. The van der Waals surface area contributed by atoms with Gasteiger partial charge in [0, 0.05) is 17.7 Å². The Morgan fingerprint density at radius 1 is 1.62 bits per heavy atom. The van der Waals surface area contributed by atoms with E-state index in [4.69, 9.17) is 4.55 Å². The molecule has 0 aliphatic heterocycles. The number of nitrogens with one attached hydrogen (secondary N) is 1. The third-order valence-electron chi connectivity index (χ3n) is 1.33. The molecule has 0 unspecified atom stereocenters. The first-order chi connectivity index (χ1) is 5.95. The van der Waals surface area contributed by atoms with Crippen molar-refractivity contribution in [2.24, 2.45) is 0 Å². The number of nitrogens with zero attached hydrogens (tertiary/aromatic N) is 1. The summed E-state index contributed by atoms with van der Waals surface area (Å²) in [7, 11) is -2.70. The van der Waals surface area contributed by atoms with Gasteiger partial charge in [-0.1, -0.05) is 0 Å². The highest BCUT2D eigenvalue weighted by molar-refractivity contribution is 9.10. The first-order valence-corrected chi connectivity index (χ1v) is 5.49. The van der Waals surface area contributed by atoms with E-state index in [-0.39, 0.29) is 10.7 Å². The molecule has 0 atom stereocenters. The van der Waals surface area contributed by atoms with Gasteiger partial charge in [-0.2, -0.15) is 8.42 Å². The lowest BCUT2D eigenvalue weighted by atomic mass is 10.4. The highest BCUT2D eigenvalue weighted by atomic mass is 79.9. The first-order valence-electron chi connectivity index (χ1n) is 3.26. The maximum atomic E-state index is 10.8. The van der Waals surface area contributed by atoms with Crippen molar-refractivity contribution in [3.63, 3.8) is 0 Å². The summed E-state index contributed by atoms with van der Waals surface area (Å²) in [5.41, 5.74) is 0. The summed E-state index contributed by atoms with van der Waals surface area (Å²) < 4.78 is 30.9. The molecule has 0 bridgehead atoms. The Kier molecular flexibility index (Phi) is 2.89. The molecule has 0 saturated carbocycles. The lowest BCUT2D eigenvalue weighted by molar-refractivity contribution is 0.483. The van der Waals surface area contributed by atoms with Crippen molar-refractivity contribution in [3.8, 4) is 0 Å². The van der Waals surface area contributed by atoms with E-state index < -0.39 is 10.1 Å². The Morgan fingerprint density at radius 2 is 2.23 bits per heavy atom. The van der Waals surface area contributed by atoms with Crippen molar-refractivity contribution >= 4 is 31.9 Å². The lowest BCUT2D eigenvalue weighted by Gasteiger charge is -2.04. The molecule has 7 heteroatoms. The molecule has 5 nitrogen and oxygen atoms in total. The van der Waals surface area contributed by atoms with Gasteiger partial charge >= 0.3 is 0 Å². The molecule has 0 aliphatic rings. The number of halogens is 1. The van der Waals surface area contributed by atoms with Gasteiger partial charge in [0.05, 0.1) is 0 Å². The zero-order valence-corrected chi connectivity index (χ0v) is 9.05. The number of hydrogen-bond acceptors (Lipinski definition) is 4. The van der Waals surface area contributed by atoms with Crippen molar-refractivity contribution in [1.29, 1.82) is 0 Å². The van der Waals surface area contributed by atoms with Gasteiger partial charge in [-0.3, -0.25) is 4.55 Å². The van der Waals surface area contributed by atoms with Crippen LogP contribution >= 0.6 is 15.9 Å². The van der Waals surface area contributed by atoms with Crippen LogP contribution in [0.5, 0.6) is 0 Å². The lowest BCUT2D eigenvalue weighted by Crippen LogP contribution is -2.05. The summed E-state index contributed by atoms with van der Waals surface area (Å²) in [6, 6.07) is 1.27. The van der Waals surface area contributed by atoms with E-state index in [1.807, 2.05) is 0 Å². The highest BCUT2D eigenvalue weighted by Crippen LogP contribution is 2.21. The van der Waals surface area contributed by atoms with Crippen LogP contribution in [0.2, 0.25) is 0 Å². The number of hydrogen-bond donors (Lipinski definition) is 2. The predicted octanol–water partition coefficient (Wildman–Crippen LogP) is 1.13. The van der Waals surface area contributed by atoms with Crippen LogP contribution in [0.1, 0.15) is 0 Å². The van der Waals surface area contributed by atoms with Crippen molar-refractivity contribution in [2.75, 3.05) is 12.4 Å². The van der Waals surface area contributed by atoms with E-state index in [9.17, 15) is 8.42 Å². The zero-order valence-electron chi connectivity index (χ0n) is 6.65. The predicted molar refractivity (Wildman–Crippen MR) is 51.3 cm³/mol. The minimum atomic E-state index is -4.22. The fourth-order valence-corrected chi connectivity index (χ4v) is 1.96. The second-order valence-electron chi connectivity index (χ2n) is 2.23. The molecule has 13 heavy (non-hydrogen) atoms. The average molecular weight is 267 g/mol. The van der Waals surface area contributed by atoms with Gasteiger partial charge in [-0.15, -0.1) is 0 Å². The molecule has 1 aromatic heterocycles. The van der Waals surface area contributed by atoms with Gasteiger partial charge in [0.15, 0.2) is 0 Å². The zero-order chi connectivity index (χ0) is 10.1. The van der Waals surface area contributed by atoms with Crippen LogP contribution in [0.15, 0.2) is 21.6 Å². The molecule has 1 rings (SSSR count). The fraction of sp³-hybridized carbons (Fsp3) is 0.167. The van der Waals surface area contributed by atoms with Crippen molar-refractivity contribution in [1.82, 2.24) is 4.98 Å². The standard InChI is InChI=1S/C6H7BrN2O3S/c1-8-6-5(13(10,11)12)2-4(7)3-9-6/h2-3H,1H3,(H,8,9)(H,10,11,12). The minimum Gasteiger partial charge on any atom is -0.372 e. The van der Waals surface area contributed by atoms with E-state index >= 15 is 0 Å². The summed E-state index contributed by atoms with van der Waals surface area (Å²) >= 11 is 3.05. The van der Waals surface area contributed by atoms with Crippen LogP contribution in [0.25, 0.3) is 0 Å². The monoisotopic (exact) mass is 266 g/mol. The maximum Gasteiger partial charge on any atom is 0.298 e. The topological polar surface area (TPSA) is 79.3 Å². The molecular formula is C6H7BrN2O3S. The molecule has 0 radical (unpaired) electrons. The smallest absolute Gasteiger partial charge is 0.298 e. The SMILES string of the molecule is CNc1ncc(Br)cc1S(=O)(=O)O. The molecule has 1 aromatic rings. The van der Waals surface area contributed by atoms with E-state index in [1.165, 1.54) is 19.3 Å². The fourth-order valence-electron chi connectivity index (χ4n) is 0.805. The number of aromatic nitrogens is 1. The van der Waals surface area contributed by atoms with Crippen molar-refractivity contribution in [2.45, 2.75) is 4.90 Å². The van der Waals surface area contributed by atoms with Gasteiger partial charge < -0.3 is 5.32 Å². The quantitative estimate of drug-likeness (QED) is 0.785. The molecule has 0 aliphatic carbocycles. The van der Waals surface area contributed by atoms with Crippen molar-refractivity contribution in [3.05, 3.63) is 16.7 Å². The summed E-state index contributed by atoms with van der Waals surface area (Å²) in [5, 5.41) is 2.56. The van der Waals surface area contributed by atoms with E-state index in [2.05, 4.69) is 26.2 Å². The van der Waals surface area contributed by atoms with Gasteiger partial charge in [-0.05, 0) is 22.0 Å². The maximum absolute atomic E-state index is 10.8. The van der Waals surface area contributed by atoms with Gasteiger partial charge in [0.25, 0.3) is 10.1 Å².